The number of carbonyl (C=O) groups is 1. The molecule has 14 heavy (non-hydrogen) atoms. The maximum absolute atomic E-state index is 11.4. The van der Waals surface area contributed by atoms with Crippen molar-refractivity contribution >= 4 is 6.09 Å². The van der Waals surface area contributed by atoms with E-state index in [0.29, 0.717) is 5.92 Å². The molecule has 2 N–H and O–H groups in total. The number of hydrogen-bond acceptors (Lipinski definition) is 3. The van der Waals surface area contributed by atoms with Crippen LogP contribution in [0, 0.1) is 5.92 Å². The summed E-state index contributed by atoms with van der Waals surface area (Å²) in [5.74, 6) is 0.475. The number of hydrogen-bond donors (Lipinski definition) is 2. The van der Waals surface area contributed by atoms with Gasteiger partial charge in [0.25, 0.3) is 0 Å². The van der Waals surface area contributed by atoms with Gasteiger partial charge in [-0.25, -0.2) is 4.79 Å². The molecule has 1 aliphatic heterocycles. The molecule has 0 aliphatic carbocycles. The van der Waals surface area contributed by atoms with E-state index in [9.17, 15) is 4.79 Å². The molecular weight excluding hydrogens is 180 g/mol. The molecule has 0 aromatic rings. The van der Waals surface area contributed by atoms with Crippen molar-refractivity contribution in [3.63, 3.8) is 0 Å². The molecule has 1 amide bonds. The van der Waals surface area contributed by atoms with Crippen LogP contribution in [0.2, 0.25) is 0 Å². The molecule has 0 saturated carbocycles. The molecule has 4 nitrogen and oxygen atoms in total. The topological polar surface area (TPSA) is 50.4 Å². The van der Waals surface area contributed by atoms with Crippen molar-refractivity contribution in [3.8, 4) is 0 Å². The maximum atomic E-state index is 11.4. The summed E-state index contributed by atoms with van der Waals surface area (Å²) >= 11 is 0. The van der Waals surface area contributed by atoms with Crippen LogP contribution in [-0.2, 0) is 4.74 Å². The van der Waals surface area contributed by atoms with E-state index in [-0.39, 0.29) is 12.1 Å². The van der Waals surface area contributed by atoms with Crippen LogP contribution in [0.5, 0.6) is 0 Å². The molecule has 1 saturated heterocycles. The van der Waals surface area contributed by atoms with E-state index in [2.05, 4.69) is 17.6 Å². The van der Waals surface area contributed by atoms with Crippen LogP contribution in [0.4, 0.5) is 4.79 Å². The van der Waals surface area contributed by atoms with Gasteiger partial charge in [0.15, 0.2) is 0 Å². The molecule has 1 heterocycles. The Morgan fingerprint density at radius 1 is 1.43 bits per heavy atom. The van der Waals surface area contributed by atoms with Crippen LogP contribution in [0.3, 0.4) is 0 Å². The van der Waals surface area contributed by atoms with Crippen LogP contribution in [0.1, 0.15) is 27.7 Å². The molecule has 4 heteroatoms. The quantitative estimate of drug-likeness (QED) is 0.667. The van der Waals surface area contributed by atoms with Crippen LogP contribution in [-0.4, -0.2) is 30.8 Å². The van der Waals surface area contributed by atoms with Gasteiger partial charge < -0.3 is 15.4 Å². The maximum Gasteiger partial charge on any atom is 0.407 e. The first kappa shape index (κ1) is 11.3. The third kappa shape index (κ3) is 3.54. The predicted octanol–water partition coefficient (Wildman–Crippen LogP) is 1.12. The molecule has 82 valence electrons. The summed E-state index contributed by atoms with van der Waals surface area (Å²) in [5.41, 5.74) is -0.417. The lowest BCUT2D eigenvalue weighted by Crippen LogP contribution is -2.42. The minimum atomic E-state index is -0.417. The zero-order valence-corrected chi connectivity index (χ0v) is 9.39. The third-order valence-electron chi connectivity index (χ3n) is 2.22. The summed E-state index contributed by atoms with van der Waals surface area (Å²) in [7, 11) is 0. The normalized spacial score (nSPS) is 27.4. The summed E-state index contributed by atoms with van der Waals surface area (Å²) in [5, 5.41) is 6.08. The van der Waals surface area contributed by atoms with Crippen molar-refractivity contribution in [2.45, 2.75) is 39.3 Å². The Bertz CT molecular complexity index is 211. The highest BCUT2D eigenvalue weighted by Gasteiger charge is 2.26. The van der Waals surface area contributed by atoms with Gasteiger partial charge in [-0.05, 0) is 33.2 Å². The van der Waals surface area contributed by atoms with Crippen LogP contribution >= 0.6 is 0 Å². The largest absolute Gasteiger partial charge is 0.444 e. The van der Waals surface area contributed by atoms with Gasteiger partial charge in [0.2, 0.25) is 0 Å². The number of carbonyl (C=O) groups excluding carboxylic acids is 1. The fraction of sp³-hybridized carbons (Fsp3) is 0.900. The van der Waals surface area contributed by atoms with Crippen molar-refractivity contribution in [2.75, 3.05) is 13.1 Å². The molecule has 1 rings (SSSR count). The first-order valence-corrected chi connectivity index (χ1v) is 5.09. The standard InChI is InChI=1S/C10H20N2O2/c1-7-5-11-6-8(7)12-9(13)14-10(2,3)4/h7-8,11H,5-6H2,1-4H3,(H,12,13)/t7-,8-/m0/s1. The Balaban J connectivity index is 2.33. The summed E-state index contributed by atoms with van der Waals surface area (Å²) in [4.78, 5) is 11.4. The van der Waals surface area contributed by atoms with Crippen molar-refractivity contribution in [3.05, 3.63) is 0 Å². The summed E-state index contributed by atoms with van der Waals surface area (Å²) in [6.45, 7) is 9.50. The first-order valence-electron chi connectivity index (χ1n) is 5.09. The zero-order valence-electron chi connectivity index (χ0n) is 9.39. The molecule has 0 radical (unpaired) electrons. The molecule has 1 fully saturated rings. The predicted molar refractivity (Wildman–Crippen MR) is 55.2 cm³/mol. The van der Waals surface area contributed by atoms with E-state index in [1.165, 1.54) is 0 Å². The summed E-state index contributed by atoms with van der Waals surface area (Å²) < 4.78 is 5.17. The van der Waals surface area contributed by atoms with E-state index in [4.69, 9.17) is 4.74 Å². The lowest BCUT2D eigenvalue weighted by Gasteiger charge is -2.22. The molecular formula is C10H20N2O2. The lowest BCUT2D eigenvalue weighted by molar-refractivity contribution is 0.0499. The van der Waals surface area contributed by atoms with E-state index in [1.54, 1.807) is 0 Å². The van der Waals surface area contributed by atoms with Gasteiger partial charge >= 0.3 is 6.09 Å². The SMILES string of the molecule is C[C@H]1CNC[C@@H]1NC(=O)OC(C)(C)C. The second-order valence-corrected chi connectivity index (χ2v) is 4.89. The first-order chi connectivity index (χ1) is 6.38. The van der Waals surface area contributed by atoms with Crippen molar-refractivity contribution < 1.29 is 9.53 Å². The zero-order chi connectivity index (χ0) is 10.8. The number of ether oxygens (including phenoxy) is 1. The third-order valence-corrected chi connectivity index (χ3v) is 2.22. The van der Waals surface area contributed by atoms with Crippen molar-refractivity contribution in [1.82, 2.24) is 10.6 Å². The van der Waals surface area contributed by atoms with Gasteiger partial charge in [0, 0.05) is 12.6 Å². The Morgan fingerprint density at radius 3 is 2.50 bits per heavy atom. The molecule has 0 bridgehead atoms. The molecule has 0 spiro atoms. The smallest absolute Gasteiger partial charge is 0.407 e. The average Bonchev–Trinajstić information content (AvgIpc) is 2.32. The van der Waals surface area contributed by atoms with E-state index in [0.717, 1.165) is 13.1 Å². The minimum absolute atomic E-state index is 0.199. The summed E-state index contributed by atoms with van der Waals surface area (Å²) in [6.07, 6.45) is -0.321. The van der Waals surface area contributed by atoms with Gasteiger partial charge in [-0.2, -0.15) is 0 Å². The highest BCUT2D eigenvalue weighted by atomic mass is 16.6. The van der Waals surface area contributed by atoms with Gasteiger partial charge in [-0.15, -0.1) is 0 Å². The Hall–Kier alpha value is -0.770. The summed E-state index contributed by atoms with van der Waals surface area (Å²) in [6, 6.07) is 0.199. The van der Waals surface area contributed by atoms with Gasteiger partial charge in [0.1, 0.15) is 5.60 Å². The van der Waals surface area contributed by atoms with Gasteiger partial charge in [0.05, 0.1) is 0 Å². The second-order valence-electron chi connectivity index (χ2n) is 4.89. The fourth-order valence-electron chi connectivity index (χ4n) is 1.46. The highest BCUT2D eigenvalue weighted by Crippen LogP contribution is 2.10. The molecule has 0 unspecified atom stereocenters. The lowest BCUT2D eigenvalue weighted by atomic mass is 10.1. The van der Waals surface area contributed by atoms with Crippen molar-refractivity contribution in [1.29, 1.82) is 0 Å². The van der Waals surface area contributed by atoms with Crippen LogP contribution in [0.25, 0.3) is 0 Å². The highest BCUT2D eigenvalue weighted by molar-refractivity contribution is 5.68. The monoisotopic (exact) mass is 200 g/mol. The fourth-order valence-corrected chi connectivity index (χ4v) is 1.46. The number of alkyl carbamates (subject to hydrolysis) is 1. The van der Waals surface area contributed by atoms with Gasteiger partial charge in [-0.3, -0.25) is 0 Å². The van der Waals surface area contributed by atoms with Crippen molar-refractivity contribution in [2.24, 2.45) is 5.92 Å². The molecule has 0 aromatic heterocycles. The number of amides is 1. The molecule has 0 aromatic carbocycles. The van der Waals surface area contributed by atoms with E-state index < -0.39 is 5.60 Å². The average molecular weight is 200 g/mol. The molecule has 2 atom stereocenters. The molecule has 1 aliphatic rings. The van der Waals surface area contributed by atoms with E-state index in [1.807, 2.05) is 20.8 Å². The Labute approximate surface area is 85.4 Å². The number of nitrogens with one attached hydrogen (secondary N) is 2. The van der Waals surface area contributed by atoms with Gasteiger partial charge in [-0.1, -0.05) is 6.92 Å². The Morgan fingerprint density at radius 2 is 2.07 bits per heavy atom. The second kappa shape index (κ2) is 4.17. The minimum Gasteiger partial charge on any atom is -0.444 e. The Kier molecular flexibility index (Phi) is 3.37. The number of rotatable bonds is 1. The van der Waals surface area contributed by atoms with Crippen LogP contribution < -0.4 is 10.6 Å². The van der Waals surface area contributed by atoms with E-state index >= 15 is 0 Å². The van der Waals surface area contributed by atoms with Crippen LogP contribution in [0.15, 0.2) is 0 Å².